The van der Waals surface area contributed by atoms with Crippen LogP contribution in [0, 0.1) is 11.8 Å². The summed E-state index contributed by atoms with van der Waals surface area (Å²) in [5.41, 5.74) is 1.66. The second-order valence-electron chi connectivity index (χ2n) is 8.59. The Morgan fingerprint density at radius 1 is 1.00 bits per heavy atom. The molecule has 4 atom stereocenters. The summed E-state index contributed by atoms with van der Waals surface area (Å²) in [7, 11) is 0. The van der Waals surface area contributed by atoms with Gasteiger partial charge in [0, 0.05) is 25.5 Å². The van der Waals surface area contributed by atoms with Crippen molar-refractivity contribution in [2.45, 2.75) is 31.6 Å². The summed E-state index contributed by atoms with van der Waals surface area (Å²) in [6.45, 7) is 1.81. The maximum absolute atomic E-state index is 13.4. The van der Waals surface area contributed by atoms with Crippen LogP contribution in [-0.4, -0.2) is 44.9 Å². The van der Waals surface area contributed by atoms with Gasteiger partial charge < -0.3 is 14.7 Å². The van der Waals surface area contributed by atoms with Gasteiger partial charge in [-0.25, -0.2) is 0 Å². The third kappa shape index (κ3) is 4.08. The molecule has 1 amide bonds. The monoisotopic (exact) mass is 417 g/mol. The normalized spacial score (nSPS) is 25.3. The lowest BCUT2D eigenvalue weighted by Gasteiger charge is -2.35. The number of fused-ring (bicyclic) bond motifs is 1. The molecular formula is C25H27N3O3. The number of nitrogens with zero attached hydrogens (tertiary/aromatic N) is 3. The molecule has 1 saturated carbocycles. The molecule has 2 fully saturated rings. The molecule has 0 bridgehead atoms. The van der Waals surface area contributed by atoms with Gasteiger partial charge in [-0.15, -0.1) is 0 Å². The molecule has 6 heteroatoms. The van der Waals surface area contributed by atoms with Crippen LogP contribution in [0.5, 0.6) is 5.75 Å². The van der Waals surface area contributed by atoms with E-state index < -0.39 is 6.10 Å². The summed E-state index contributed by atoms with van der Waals surface area (Å²) in [6, 6.07) is 19.3. The first-order valence-electron chi connectivity index (χ1n) is 10.9. The molecule has 2 aromatic carbocycles. The van der Waals surface area contributed by atoms with Gasteiger partial charge in [-0.05, 0) is 48.4 Å². The Hall–Kier alpha value is -3.12. The predicted octanol–water partition coefficient (Wildman–Crippen LogP) is 3.55. The van der Waals surface area contributed by atoms with Crippen molar-refractivity contribution >= 4 is 5.91 Å². The first-order chi connectivity index (χ1) is 15.2. The number of aliphatic hydroxyl groups excluding tert-OH is 1. The van der Waals surface area contributed by atoms with Gasteiger partial charge in [0.05, 0.1) is 17.7 Å². The fourth-order valence-corrected chi connectivity index (χ4v) is 5.01. The highest BCUT2D eigenvalue weighted by Gasteiger charge is 2.44. The number of para-hydroxylation sites is 1. The SMILES string of the molecule is O=C(c1ccccc1OCc1ccccc1)N1C[C@H]2C[C@@H](n3cccn3)[C@H](O)C[C@H]2C1. The Kier molecular flexibility index (Phi) is 5.47. The van der Waals surface area contributed by atoms with Gasteiger partial charge in [-0.2, -0.15) is 5.10 Å². The van der Waals surface area contributed by atoms with Crippen LogP contribution in [0.15, 0.2) is 73.1 Å². The van der Waals surface area contributed by atoms with E-state index in [0.717, 1.165) is 12.0 Å². The molecule has 31 heavy (non-hydrogen) atoms. The van der Waals surface area contributed by atoms with Crippen molar-refractivity contribution in [2.24, 2.45) is 11.8 Å². The fourth-order valence-electron chi connectivity index (χ4n) is 5.01. The van der Waals surface area contributed by atoms with Gasteiger partial charge in [0.25, 0.3) is 5.91 Å². The van der Waals surface area contributed by atoms with E-state index in [1.807, 2.05) is 76.4 Å². The molecule has 0 unspecified atom stereocenters. The van der Waals surface area contributed by atoms with Crippen LogP contribution in [0.1, 0.15) is 34.8 Å². The number of aromatic nitrogens is 2. The van der Waals surface area contributed by atoms with E-state index >= 15 is 0 Å². The topological polar surface area (TPSA) is 67.6 Å². The van der Waals surface area contributed by atoms with E-state index in [4.69, 9.17) is 4.74 Å². The molecule has 1 N–H and O–H groups in total. The number of ether oxygens (including phenoxy) is 1. The maximum Gasteiger partial charge on any atom is 0.257 e. The minimum absolute atomic E-state index is 0.00295. The second-order valence-corrected chi connectivity index (χ2v) is 8.59. The average Bonchev–Trinajstić information content (AvgIpc) is 3.47. The molecule has 3 aromatic rings. The van der Waals surface area contributed by atoms with Crippen molar-refractivity contribution in [3.63, 3.8) is 0 Å². The lowest BCUT2D eigenvalue weighted by Crippen LogP contribution is -2.36. The standard InChI is InChI=1S/C25H27N3O3/c29-23-14-20-16-27(15-19(20)13-22(23)28-12-6-11-26-28)25(30)21-9-4-5-10-24(21)31-17-18-7-2-1-3-8-18/h1-12,19-20,22-23,29H,13-17H2/t19-,20+,22-,23-/m1/s1. The lowest BCUT2D eigenvalue weighted by atomic mass is 9.77. The van der Waals surface area contributed by atoms with E-state index in [-0.39, 0.29) is 11.9 Å². The number of amides is 1. The van der Waals surface area contributed by atoms with Crippen molar-refractivity contribution in [3.05, 3.63) is 84.2 Å². The summed E-state index contributed by atoms with van der Waals surface area (Å²) >= 11 is 0. The third-order valence-electron chi connectivity index (χ3n) is 6.62. The number of likely N-dealkylation sites (tertiary alicyclic amines) is 1. The summed E-state index contributed by atoms with van der Waals surface area (Å²) in [5.74, 6) is 1.31. The highest BCUT2D eigenvalue weighted by atomic mass is 16.5. The fraction of sp³-hybridized carbons (Fsp3) is 0.360. The summed E-state index contributed by atoms with van der Waals surface area (Å²) in [4.78, 5) is 15.3. The van der Waals surface area contributed by atoms with Crippen LogP contribution in [0.4, 0.5) is 0 Å². The van der Waals surface area contributed by atoms with Crippen LogP contribution < -0.4 is 4.74 Å². The molecule has 2 heterocycles. The number of benzene rings is 2. The third-order valence-corrected chi connectivity index (χ3v) is 6.62. The molecule has 5 rings (SSSR count). The van der Waals surface area contributed by atoms with Crippen molar-refractivity contribution in [1.82, 2.24) is 14.7 Å². The van der Waals surface area contributed by atoms with Gasteiger partial charge >= 0.3 is 0 Å². The van der Waals surface area contributed by atoms with Crippen molar-refractivity contribution in [1.29, 1.82) is 0 Å². The van der Waals surface area contributed by atoms with E-state index in [1.165, 1.54) is 0 Å². The van der Waals surface area contributed by atoms with Crippen molar-refractivity contribution in [2.75, 3.05) is 13.1 Å². The average molecular weight is 418 g/mol. The molecule has 1 aliphatic carbocycles. The van der Waals surface area contributed by atoms with Crippen LogP contribution >= 0.6 is 0 Å². The Labute approximate surface area is 182 Å². The zero-order chi connectivity index (χ0) is 21.2. The van der Waals surface area contributed by atoms with E-state index in [2.05, 4.69) is 5.10 Å². The molecule has 160 valence electrons. The molecule has 0 spiro atoms. The summed E-state index contributed by atoms with van der Waals surface area (Å²) in [6.07, 6.45) is 4.76. The summed E-state index contributed by atoms with van der Waals surface area (Å²) in [5, 5.41) is 15.0. The number of carbonyl (C=O) groups is 1. The number of hydrogen-bond donors (Lipinski definition) is 1. The predicted molar refractivity (Wildman–Crippen MR) is 117 cm³/mol. The second kappa shape index (κ2) is 8.55. The lowest BCUT2D eigenvalue weighted by molar-refractivity contribution is 0.0306. The molecular weight excluding hydrogens is 390 g/mol. The minimum atomic E-state index is -0.433. The number of hydrogen-bond acceptors (Lipinski definition) is 4. The highest BCUT2D eigenvalue weighted by Crippen LogP contribution is 2.41. The van der Waals surface area contributed by atoms with E-state index in [1.54, 1.807) is 6.20 Å². The molecule has 6 nitrogen and oxygen atoms in total. The van der Waals surface area contributed by atoms with Gasteiger partial charge in [0.2, 0.25) is 0 Å². The molecule has 0 radical (unpaired) electrons. The first kappa shape index (κ1) is 19.8. The Bertz CT molecular complexity index is 1020. The largest absolute Gasteiger partial charge is 0.488 e. The number of carbonyl (C=O) groups excluding carboxylic acids is 1. The van der Waals surface area contributed by atoms with Gasteiger partial charge in [-0.1, -0.05) is 42.5 Å². The van der Waals surface area contributed by atoms with Crippen LogP contribution in [-0.2, 0) is 6.61 Å². The van der Waals surface area contributed by atoms with E-state index in [9.17, 15) is 9.90 Å². The van der Waals surface area contributed by atoms with Crippen LogP contribution in [0.3, 0.4) is 0 Å². The van der Waals surface area contributed by atoms with Crippen molar-refractivity contribution < 1.29 is 14.6 Å². The zero-order valence-corrected chi connectivity index (χ0v) is 17.4. The van der Waals surface area contributed by atoms with E-state index in [0.29, 0.717) is 49.3 Å². The van der Waals surface area contributed by atoms with Crippen LogP contribution in [0.2, 0.25) is 0 Å². The molecule has 1 saturated heterocycles. The molecule has 1 aliphatic heterocycles. The Morgan fingerprint density at radius 2 is 1.74 bits per heavy atom. The highest BCUT2D eigenvalue weighted by molar-refractivity contribution is 5.97. The molecule has 1 aromatic heterocycles. The molecule has 2 aliphatic rings. The van der Waals surface area contributed by atoms with Crippen molar-refractivity contribution in [3.8, 4) is 5.75 Å². The van der Waals surface area contributed by atoms with Gasteiger partial charge in [0.15, 0.2) is 0 Å². The number of aliphatic hydroxyl groups is 1. The quantitative estimate of drug-likeness (QED) is 0.690. The maximum atomic E-state index is 13.4. The van der Waals surface area contributed by atoms with Gasteiger partial charge in [-0.3, -0.25) is 9.48 Å². The smallest absolute Gasteiger partial charge is 0.257 e. The zero-order valence-electron chi connectivity index (χ0n) is 17.4. The number of rotatable bonds is 5. The van der Waals surface area contributed by atoms with Crippen LogP contribution in [0.25, 0.3) is 0 Å². The minimum Gasteiger partial charge on any atom is -0.488 e. The first-order valence-corrected chi connectivity index (χ1v) is 10.9. The summed E-state index contributed by atoms with van der Waals surface area (Å²) < 4.78 is 7.87. The Morgan fingerprint density at radius 3 is 2.52 bits per heavy atom. The Balaban J connectivity index is 1.28. The van der Waals surface area contributed by atoms with Gasteiger partial charge in [0.1, 0.15) is 12.4 Å².